The normalized spacial score (nSPS) is 18.5. The maximum Gasteiger partial charge on any atom is 0.218 e. The minimum absolute atomic E-state index is 0.165. The molecule has 1 aromatic rings. The van der Waals surface area contributed by atoms with E-state index in [1.54, 1.807) is 12.1 Å². The Morgan fingerprint density at radius 1 is 1.47 bits per heavy atom. The van der Waals surface area contributed by atoms with Gasteiger partial charge in [-0.05, 0) is 32.0 Å². The highest BCUT2D eigenvalue weighted by Gasteiger charge is 2.27. The van der Waals surface area contributed by atoms with Gasteiger partial charge >= 0.3 is 0 Å². The summed E-state index contributed by atoms with van der Waals surface area (Å²) in [6.07, 6.45) is 0. The monoisotopic (exact) mass is 224 g/mol. The van der Waals surface area contributed by atoms with Gasteiger partial charge in [0.25, 0.3) is 0 Å². The zero-order valence-electron chi connectivity index (χ0n) is 8.75. The molecule has 4 heteroatoms. The van der Waals surface area contributed by atoms with E-state index in [0.29, 0.717) is 23.2 Å². The van der Waals surface area contributed by atoms with E-state index in [1.807, 2.05) is 19.9 Å². The van der Waals surface area contributed by atoms with Crippen molar-refractivity contribution in [3.8, 4) is 0 Å². The Morgan fingerprint density at radius 3 is 2.73 bits per heavy atom. The number of rotatable bonds is 1. The predicted octanol–water partition coefficient (Wildman–Crippen LogP) is 2.48. The maximum absolute atomic E-state index is 5.84. The number of hydrogen-bond acceptors (Lipinski definition) is 3. The van der Waals surface area contributed by atoms with Crippen LogP contribution in [0.25, 0.3) is 0 Å². The molecule has 0 spiro atoms. The van der Waals surface area contributed by atoms with Gasteiger partial charge in [0.05, 0.1) is 11.1 Å². The number of ether oxygens (including phenoxy) is 1. The van der Waals surface area contributed by atoms with E-state index in [2.05, 4.69) is 4.99 Å². The van der Waals surface area contributed by atoms with Crippen molar-refractivity contribution in [2.24, 2.45) is 4.99 Å². The summed E-state index contributed by atoms with van der Waals surface area (Å²) in [5.74, 6) is 0.606. The molecule has 0 saturated heterocycles. The molecule has 1 aromatic carbocycles. The van der Waals surface area contributed by atoms with Crippen LogP contribution in [0.3, 0.4) is 0 Å². The molecular weight excluding hydrogens is 212 g/mol. The molecule has 0 bridgehead atoms. The second-order valence-electron chi connectivity index (χ2n) is 4.25. The fourth-order valence-corrected chi connectivity index (χ4v) is 1.63. The Bertz CT molecular complexity index is 427. The second-order valence-corrected chi connectivity index (χ2v) is 4.69. The molecule has 0 radical (unpaired) electrons. The maximum atomic E-state index is 5.84. The number of benzene rings is 1. The minimum atomic E-state index is -0.165. The van der Waals surface area contributed by atoms with Crippen molar-refractivity contribution in [3.63, 3.8) is 0 Å². The number of nitrogens with two attached hydrogens (primary N) is 1. The Morgan fingerprint density at radius 2 is 2.20 bits per heavy atom. The lowest BCUT2D eigenvalue weighted by Gasteiger charge is -2.07. The lowest BCUT2D eigenvalue weighted by molar-refractivity contribution is 0.279. The Hall–Kier alpha value is -1.22. The van der Waals surface area contributed by atoms with Crippen LogP contribution in [-0.2, 0) is 4.74 Å². The molecule has 2 rings (SSSR count). The van der Waals surface area contributed by atoms with E-state index in [9.17, 15) is 0 Å². The van der Waals surface area contributed by atoms with Crippen LogP contribution in [0.1, 0.15) is 19.4 Å². The Balaban J connectivity index is 2.39. The van der Waals surface area contributed by atoms with Gasteiger partial charge in [-0.3, -0.25) is 0 Å². The zero-order chi connectivity index (χ0) is 11.1. The first-order valence-corrected chi connectivity index (χ1v) is 5.14. The van der Waals surface area contributed by atoms with Crippen LogP contribution < -0.4 is 5.73 Å². The summed E-state index contributed by atoms with van der Waals surface area (Å²) in [7, 11) is 0. The fraction of sp³-hybridized carbons (Fsp3) is 0.364. The third-order valence-electron chi connectivity index (χ3n) is 2.21. The standard InChI is InChI=1S/C11H13ClN2O/c1-11(2)6-15-10(14-11)8-4-3-7(12)5-9(8)13/h3-5H,6,13H2,1-2H3. The summed E-state index contributed by atoms with van der Waals surface area (Å²) in [4.78, 5) is 4.45. The molecule has 1 aliphatic rings. The van der Waals surface area contributed by atoms with Crippen molar-refractivity contribution in [3.05, 3.63) is 28.8 Å². The molecule has 80 valence electrons. The molecule has 3 nitrogen and oxygen atoms in total. The van der Waals surface area contributed by atoms with Gasteiger partial charge in [-0.15, -0.1) is 0 Å². The highest BCUT2D eigenvalue weighted by atomic mass is 35.5. The zero-order valence-corrected chi connectivity index (χ0v) is 9.51. The quantitative estimate of drug-likeness (QED) is 0.745. The van der Waals surface area contributed by atoms with E-state index in [4.69, 9.17) is 22.1 Å². The smallest absolute Gasteiger partial charge is 0.218 e. The van der Waals surface area contributed by atoms with Crippen LogP contribution in [0.4, 0.5) is 5.69 Å². The van der Waals surface area contributed by atoms with Gasteiger partial charge in [-0.25, -0.2) is 4.99 Å². The van der Waals surface area contributed by atoms with Gasteiger partial charge in [0.2, 0.25) is 5.90 Å². The van der Waals surface area contributed by atoms with Gasteiger partial charge in [0, 0.05) is 10.7 Å². The van der Waals surface area contributed by atoms with E-state index in [1.165, 1.54) is 0 Å². The predicted molar refractivity (Wildman–Crippen MR) is 62.4 cm³/mol. The summed E-state index contributed by atoms with van der Waals surface area (Å²) >= 11 is 5.82. The first-order valence-electron chi connectivity index (χ1n) is 4.76. The molecule has 0 fully saturated rings. The van der Waals surface area contributed by atoms with Gasteiger partial charge in [-0.1, -0.05) is 11.6 Å². The summed E-state index contributed by atoms with van der Waals surface area (Å²) < 4.78 is 5.50. The molecule has 0 amide bonds. The number of hydrogen-bond donors (Lipinski definition) is 1. The summed E-state index contributed by atoms with van der Waals surface area (Å²) in [5.41, 5.74) is 7.09. The molecule has 0 saturated carbocycles. The van der Waals surface area contributed by atoms with Crippen LogP contribution in [0.2, 0.25) is 5.02 Å². The molecule has 15 heavy (non-hydrogen) atoms. The minimum Gasteiger partial charge on any atom is -0.475 e. The lowest BCUT2D eigenvalue weighted by Crippen LogP contribution is -2.17. The van der Waals surface area contributed by atoms with E-state index >= 15 is 0 Å². The molecule has 0 aliphatic carbocycles. The van der Waals surface area contributed by atoms with Crippen molar-refractivity contribution in [2.75, 3.05) is 12.3 Å². The lowest BCUT2D eigenvalue weighted by atomic mass is 10.1. The van der Waals surface area contributed by atoms with Gasteiger partial charge in [0.1, 0.15) is 6.61 Å². The van der Waals surface area contributed by atoms with Gasteiger partial charge in [-0.2, -0.15) is 0 Å². The molecular formula is C11H13ClN2O. The molecule has 1 aliphatic heterocycles. The third-order valence-corrected chi connectivity index (χ3v) is 2.45. The summed E-state index contributed by atoms with van der Waals surface area (Å²) in [5, 5.41) is 0.620. The molecule has 1 heterocycles. The SMILES string of the molecule is CC1(C)COC(c2ccc(Cl)cc2N)=N1. The largest absolute Gasteiger partial charge is 0.475 e. The van der Waals surface area contributed by atoms with E-state index in [-0.39, 0.29) is 5.54 Å². The van der Waals surface area contributed by atoms with Crippen molar-refractivity contribution in [2.45, 2.75) is 19.4 Å². The van der Waals surface area contributed by atoms with Gasteiger partial charge < -0.3 is 10.5 Å². The average Bonchev–Trinajstić information content (AvgIpc) is 2.46. The topological polar surface area (TPSA) is 47.6 Å². The average molecular weight is 225 g/mol. The second kappa shape index (κ2) is 3.42. The van der Waals surface area contributed by atoms with Crippen molar-refractivity contribution in [1.82, 2.24) is 0 Å². The number of anilines is 1. The van der Waals surface area contributed by atoms with Crippen molar-refractivity contribution in [1.29, 1.82) is 0 Å². The summed E-state index contributed by atoms with van der Waals surface area (Å²) in [6.45, 7) is 4.63. The van der Waals surface area contributed by atoms with Crippen LogP contribution in [0, 0.1) is 0 Å². The molecule has 0 aromatic heterocycles. The van der Waals surface area contributed by atoms with Crippen LogP contribution >= 0.6 is 11.6 Å². The number of nitrogen functional groups attached to an aromatic ring is 1. The molecule has 0 atom stereocenters. The molecule has 2 N–H and O–H groups in total. The third kappa shape index (κ3) is 2.07. The van der Waals surface area contributed by atoms with Crippen LogP contribution in [-0.4, -0.2) is 18.0 Å². The number of nitrogens with zero attached hydrogens (tertiary/aromatic N) is 1. The van der Waals surface area contributed by atoms with Crippen LogP contribution in [0.15, 0.2) is 23.2 Å². The van der Waals surface area contributed by atoms with Crippen LogP contribution in [0.5, 0.6) is 0 Å². The van der Waals surface area contributed by atoms with E-state index < -0.39 is 0 Å². The highest BCUT2D eigenvalue weighted by Crippen LogP contribution is 2.25. The first kappa shape index (κ1) is 10.3. The van der Waals surface area contributed by atoms with Crippen molar-refractivity contribution >= 4 is 23.2 Å². The highest BCUT2D eigenvalue weighted by molar-refractivity contribution is 6.31. The number of halogens is 1. The first-order chi connectivity index (χ1) is 6.98. The Kier molecular flexibility index (Phi) is 2.35. The van der Waals surface area contributed by atoms with E-state index in [0.717, 1.165) is 5.56 Å². The number of aliphatic imine (C=N–C) groups is 1. The summed E-state index contributed by atoms with van der Waals surface area (Å²) in [6, 6.07) is 5.32. The fourth-order valence-electron chi connectivity index (χ4n) is 1.45. The van der Waals surface area contributed by atoms with Gasteiger partial charge in [0.15, 0.2) is 0 Å². The Labute approximate surface area is 93.9 Å². The van der Waals surface area contributed by atoms with Crippen molar-refractivity contribution < 1.29 is 4.74 Å². The molecule has 0 unspecified atom stereocenters.